The summed E-state index contributed by atoms with van der Waals surface area (Å²) >= 11 is 0. The molecule has 2 saturated heterocycles. The van der Waals surface area contributed by atoms with E-state index in [1.54, 1.807) is 0 Å². The molecule has 0 aromatic heterocycles. The number of carbonyl (C=O) groups excluding carboxylic acids is 2. The monoisotopic (exact) mass is 373 g/mol. The number of fused-ring (bicyclic) bond motifs is 3. The molecule has 3 fully saturated rings. The van der Waals surface area contributed by atoms with Crippen LogP contribution in [-0.2, 0) is 11.2 Å². The summed E-state index contributed by atoms with van der Waals surface area (Å²) in [5.74, 6) is 0.833. The van der Waals surface area contributed by atoms with E-state index in [4.69, 9.17) is 0 Å². The molecule has 1 aromatic carbocycles. The van der Waals surface area contributed by atoms with Gasteiger partial charge in [0.1, 0.15) is 0 Å². The van der Waals surface area contributed by atoms with Crippen LogP contribution < -0.4 is 5.32 Å². The van der Waals surface area contributed by atoms with Gasteiger partial charge in [-0.25, -0.2) is 4.79 Å². The molecule has 148 valence electrons. The van der Waals surface area contributed by atoms with E-state index in [2.05, 4.69) is 5.32 Å². The van der Waals surface area contributed by atoms with Gasteiger partial charge in [-0.2, -0.15) is 0 Å². The van der Waals surface area contributed by atoms with Crippen molar-refractivity contribution in [3.63, 3.8) is 0 Å². The van der Waals surface area contributed by atoms with Crippen molar-refractivity contribution in [1.29, 1.82) is 0 Å². The Hall–Kier alpha value is -2.08. The lowest BCUT2D eigenvalue weighted by Crippen LogP contribution is -2.57. The second-order valence-corrected chi connectivity index (χ2v) is 7.71. The summed E-state index contributed by atoms with van der Waals surface area (Å²) in [7, 11) is 0. The Kier molecular flexibility index (Phi) is 6.37. The molecule has 0 radical (unpaired) electrons. The van der Waals surface area contributed by atoms with Gasteiger partial charge in [-0.05, 0) is 56.7 Å². The summed E-state index contributed by atoms with van der Waals surface area (Å²) in [5.41, 5.74) is 1.68. The predicted octanol–water partition coefficient (Wildman–Crippen LogP) is 2.72. The van der Waals surface area contributed by atoms with E-state index in [-0.39, 0.29) is 30.5 Å². The number of rotatable bonds is 6. The van der Waals surface area contributed by atoms with Gasteiger partial charge >= 0.3 is 6.03 Å². The smallest absolute Gasteiger partial charge is 0.322 e. The van der Waals surface area contributed by atoms with Crippen molar-refractivity contribution in [3.05, 3.63) is 29.8 Å². The van der Waals surface area contributed by atoms with Crippen LogP contribution in [0.4, 0.5) is 10.5 Å². The van der Waals surface area contributed by atoms with Crippen molar-refractivity contribution in [3.8, 4) is 0 Å². The number of nitrogens with zero attached hydrogens (tertiary/aromatic N) is 2. The second-order valence-electron chi connectivity index (χ2n) is 7.71. The van der Waals surface area contributed by atoms with E-state index in [9.17, 15) is 14.7 Å². The summed E-state index contributed by atoms with van der Waals surface area (Å²) in [5, 5.41) is 12.6. The van der Waals surface area contributed by atoms with E-state index in [0.29, 0.717) is 12.3 Å². The Balaban J connectivity index is 1.58. The van der Waals surface area contributed by atoms with Crippen LogP contribution in [0.1, 0.15) is 38.7 Å². The molecule has 0 spiro atoms. The molecule has 3 aliphatic rings. The van der Waals surface area contributed by atoms with Gasteiger partial charge in [0.15, 0.2) is 0 Å². The average Bonchev–Trinajstić information content (AvgIpc) is 2.70. The standard InChI is InChI=1S/C21H31N3O3/c1-3-23(4-2)20(26)12-15-5-8-18(9-6-15)22-21(27)24-13-16-7-10-19(24)17(11-16)14-25/h5-6,8-9,16-17,19,25H,3-4,7,10-14H2,1-2H3,(H,22,27). The maximum atomic E-state index is 12.7. The zero-order valence-electron chi connectivity index (χ0n) is 16.4. The molecule has 3 atom stereocenters. The van der Waals surface area contributed by atoms with E-state index in [0.717, 1.165) is 50.1 Å². The molecular weight excluding hydrogens is 342 g/mol. The Bertz CT molecular complexity index is 657. The van der Waals surface area contributed by atoms with Crippen molar-refractivity contribution in [1.82, 2.24) is 9.80 Å². The van der Waals surface area contributed by atoms with Crippen LogP contribution in [-0.4, -0.2) is 59.1 Å². The Labute approximate surface area is 161 Å². The van der Waals surface area contributed by atoms with Gasteiger partial charge in [-0.3, -0.25) is 4.79 Å². The third-order valence-corrected chi connectivity index (χ3v) is 6.08. The zero-order valence-corrected chi connectivity index (χ0v) is 16.4. The van der Waals surface area contributed by atoms with Gasteiger partial charge < -0.3 is 20.2 Å². The Morgan fingerprint density at radius 2 is 1.89 bits per heavy atom. The minimum absolute atomic E-state index is 0.0881. The highest BCUT2D eigenvalue weighted by molar-refractivity contribution is 5.90. The summed E-state index contributed by atoms with van der Waals surface area (Å²) in [6.07, 6.45) is 3.54. The van der Waals surface area contributed by atoms with E-state index in [1.807, 2.05) is 47.9 Å². The number of likely N-dealkylation sites (N-methyl/N-ethyl adjacent to an activating group) is 1. The fraction of sp³-hybridized carbons (Fsp3) is 0.619. The molecule has 1 aromatic rings. The first-order valence-electron chi connectivity index (χ1n) is 10.1. The maximum absolute atomic E-state index is 12.7. The first kappa shape index (κ1) is 19.7. The fourth-order valence-corrected chi connectivity index (χ4v) is 4.53. The molecular formula is C21H31N3O3. The van der Waals surface area contributed by atoms with Gasteiger partial charge in [0.25, 0.3) is 0 Å². The molecule has 2 aliphatic heterocycles. The number of benzene rings is 1. The number of aliphatic hydroxyl groups is 1. The van der Waals surface area contributed by atoms with Crippen LogP contribution in [0.3, 0.4) is 0 Å². The third-order valence-electron chi connectivity index (χ3n) is 6.08. The molecule has 4 rings (SSSR count). The molecule has 2 N–H and O–H groups in total. The number of carbonyl (C=O) groups is 2. The van der Waals surface area contributed by atoms with Gasteiger partial charge in [-0.15, -0.1) is 0 Å². The molecule has 27 heavy (non-hydrogen) atoms. The number of aliphatic hydroxyl groups excluding tert-OH is 1. The lowest BCUT2D eigenvalue weighted by Gasteiger charge is -2.49. The maximum Gasteiger partial charge on any atom is 0.322 e. The van der Waals surface area contributed by atoms with Crippen LogP contribution in [0, 0.1) is 11.8 Å². The summed E-state index contributed by atoms with van der Waals surface area (Å²) < 4.78 is 0. The molecule has 6 heteroatoms. The SMILES string of the molecule is CCN(CC)C(=O)Cc1ccc(NC(=O)N2CC3CCC2C(CO)C3)cc1. The minimum atomic E-state index is -0.0881. The second kappa shape index (κ2) is 8.74. The van der Waals surface area contributed by atoms with Crippen LogP contribution in [0.5, 0.6) is 0 Å². The number of urea groups is 1. The molecule has 2 heterocycles. The normalized spacial score (nSPS) is 24.0. The molecule has 6 nitrogen and oxygen atoms in total. The average molecular weight is 373 g/mol. The third kappa shape index (κ3) is 4.43. The van der Waals surface area contributed by atoms with E-state index >= 15 is 0 Å². The summed E-state index contributed by atoms with van der Waals surface area (Å²) in [4.78, 5) is 28.6. The van der Waals surface area contributed by atoms with Gasteiger partial charge in [0.2, 0.25) is 5.91 Å². The summed E-state index contributed by atoms with van der Waals surface area (Å²) in [6, 6.07) is 7.56. The fourth-order valence-electron chi connectivity index (χ4n) is 4.53. The van der Waals surface area contributed by atoms with Crippen molar-refractivity contribution in [2.24, 2.45) is 11.8 Å². The Morgan fingerprint density at radius 1 is 1.19 bits per heavy atom. The van der Waals surface area contributed by atoms with Crippen LogP contribution in [0.2, 0.25) is 0 Å². The molecule has 1 saturated carbocycles. The van der Waals surface area contributed by atoms with Crippen LogP contribution in [0.15, 0.2) is 24.3 Å². The minimum Gasteiger partial charge on any atom is -0.396 e. The molecule has 1 aliphatic carbocycles. The van der Waals surface area contributed by atoms with Gasteiger partial charge in [0.05, 0.1) is 6.42 Å². The lowest BCUT2D eigenvalue weighted by atomic mass is 9.73. The van der Waals surface area contributed by atoms with Crippen molar-refractivity contribution in [2.45, 2.75) is 45.6 Å². The molecule has 3 unspecified atom stereocenters. The number of hydrogen-bond acceptors (Lipinski definition) is 3. The summed E-state index contributed by atoms with van der Waals surface area (Å²) in [6.45, 7) is 6.33. The largest absolute Gasteiger partial charge is 0.396 e. The highest BCUT2D eigenvalue weighted by atomic mass is 16.3. The number of hydrogen-bond donors (Lipinski definition) is 2. The first-order valence-corrected chi connectivity index (χ1v) is 10.1. The number of amides is 3. The van der Waals surface area contributed by atoms with Crippen molar-refractivity contribution in [2.75, 3.05) is 31.6 Å². The van der Waals surface area contributed by atoms with Gasteiger partial charge in [-0.1, -0.05) is 12.1 Å². The number of anilines is 1. The molecule has 2 bridgehead atoms. The number of nitrogens with one attached hydrogen (secondary N) is 1. The predicted molar refractivity (Wildman–Crippen MR) is 106 cm³/mol. The molecule has 3 amide bonds. The van der Waals surface area contributed by atoms with Crippen LogP contribution >= 0.6 is 0 Å². The zero-order chi connectivity index (χ0) is 19.4. The van der Waals surface area contributed by atoms with Crippen molar-refractivity contribution >= 4 is 17.6 Å². The van der Waals surface area contributed by atoms with Gasteiger partial charge in [0, 0.05) is 43.9 Å². The quantitative estimate of drug-likeness (QED) is 0.805. The highest BCUT2D eigenvalue weighted by Gasteiger charge is 2.42. The topological polar surface area (TPSA) is 72.9 Å². The Morgan fingerprint density at radius 3 is 2.48 bits per heavy atom. The first-order chi connectivity index (χ1) is 13.0. The van der Waals surface area contributed by atoms with Crippen LogP contribution in [0.25, 0.3) is 0 Å². The highest BCUT2D eigenvalue weighted by Crippen LogP contribution is 2.39. The lowest BCUT2D eigenvalue weighted by molar-refractivity contribution is -0.130. The van der Waals surface area contributed by atoms with E-state index in [1.165, 1.54) is 0 Å². The number of piperidine rings is 2. The van der Waals surface area contributed by atoms with Crippen molar-refractivity contribution < 1.29 is 14.7 Å². The van der Waals surface area contributed by atoms with E-state index < -0.39 is 0 Å².